The maximum atomic E-state index is 11.5. The Morgan fingerprint density at radius 3 is 2.48 bits per heavy atom. The van der Waals surface area contributed by atoms with Crippen molar-refractivity contribution in [1.82, 2.24) is 0 Å². The molecule has 0 unspecified atom stereocenters. The SMILES string of the molecule is C/C(=C/C[C@@H](CO[C@@H]1O[C@@H](CO)[C@@H](O)[C@@H](O)[C@@H]1O)[C@@H](C)C(=O)O)C[C@@H]1C[C@@H](C)C(=O)O1. The van der Waals surface area contributed by atoms with Crippen LogP contribution in [-0.4, -0.2) is 87.5 Å². The van der Waals surface area contributed by atoms with Crippen LogP contribution in [0.25, 0.3) is 0 Å². The van der Waals surface area contributed by atoms with Gasteiger partial charge in [0.2, 0.25) is 0 Å². The van der Waals surface area contributed by atoms with Crippen molar-refractivity contribution in [3.05, 3.63) is 11.6 Å². The van der Waals surface area contributed by atoms with Crippen LogP contribution in [0.5, 0.6) is 0 Å². The molecule has 2 aliphatic rings. The average Bonchev–Trinajstić information content (AvgIpc) is 3.03. The molecule has 2 fully saturated rings. The Kier molecular flexibility index (Phi) is 9.41. The zero-order chi connectivity index (χ0) is 23.3. The van der Waals surface area contributed by atoms with E-state index in [1.807, 2.05) is 19.9 Å². The Hall–Kier alpha value is -1.56. The number of cyclic esters (lactones) is 1. The minimum atomic E-state index is -1.56. The van der Waals surface area contributed by atoms with Crippen LogP contribution in [0, 0.1) is 17.8 Å². The van der Waals surface area contributed by atoms with Crippen molar-refractivity contribution < 1.29 is 49.3 Å². The number of carboxylic acid groups (broad SMARTS) is 1. The van der Waals surface area contributed by atoms with E-state index in [4.69, 9.17) is 14.2 Å². The monoisotopic (exact) mass is 446 g/mol. The van der Waals surface area contributed by atoms with E-state index in [1.54, 1.807) is 6.92 Å². The molecule has 0 aliphatic carbocycles. The molecule has 0 aromatic rings. The van der Waals surface area contributed by atoms with Crippen molar-refractivity contribution in [1.29, 1.82) is 0 Å². The fraction of sp³-hybridized carbons (Fsp3) is 0.810. The summed E-state index contributed by atoms with van der Waals surface area (Å²) in [7, 11) is 0. The Balaban J connectivity index is 1.97. The van der Waals surface area contributed by atoms with Crippen LogP contribution in [0.2, 0.25) is 0 Å². The van der Waals surface area contributed by atoms with Crippen LogP contribution in [0.15, 0.2) is 11.6 Å². The fourth-order valence-electron chi connectivity index (χ4n) is 3.78. The van der Waals surface area contributed by atoms with Gasteiger partial charge in [0.15, 0.2) is 6.29 Å². The van der Waals surface area contributed by atoms with Crippen LogP contribution < -0.4 is 0 Å². The lowest BCUT2D eigenvalue weighted by atomic mass is 9.90. The summed E-state index contributed by atoms with van der Waals surface area (Å²) >= 11 is 0. The van der Waals surface area contributed by atoms with Gasteiger partial charge in [-0.05, 0) is 25.7 Å². The van der Waals surface area contributed by atoms with Crippen LogP contribution >= 0.6 is 0 Å². The summed E-state index contributed by atoms with van der Waals surface area (Å²) in [5.41, 5.74) is 0.960. The number of esters is 1. The molecule has 2 aliphatic heterocycles. The first-order chi connectivity index (χ1) is 14.5. The lowest BCUT2D eigenvalue weighted by molar-refractivity contribution is -0.303. The zero-order valence-electron chi connectivity index (χ0n) is 18.1. The Morgan fingerprint density at radius 1 is 1.26 bits per heavy atom. The van der Waals surface area contributed by atoms with E-state index >= 15 is 0 Å². The van der Waals surface area contributed by atoms with Gasteiger partial charge in [0.1, 0.15) is 30.5 Å². The highest BCUT2D eigenvalue weighted by Crippen LogP contribution is 2.27. The summed E-state index contributed by atoms with van der Waals surface area (Å²) in [6.45, 7) is 4.59. The standard InChI is InChI=1S/C21H34O10/c1-10(6-14-7-11(2)20(28)30-14)4-5-13(12(3)19(26)27)9-29-21-18(25)17(24)16(23)15(8-22)31-21/h4,11-18,21-25H,5-9H2,1-3H3,(H,26,27)/b10-4-/t11-,12-,13+,14-,15+,16-,17-,18+,21-/m1/s1. The highest BCUT2D eigenvalue weighted by atomic mass is 16.7. The normalized spacial score (nSPS) is 36.2. The summed E-state index contributed by atoms with van der Waals surface area (Å²) in [6.07, 6.45) is -3.73. The highest BCUT2D eigenvalue weighted by molar-refractivity contribution is 5.74. The number of aliphatic hydroxyl groups is 4. The number of carbonyl (C=O) groups is 2. The molecule has 5 N–H and O–H groups in total. The summed E-state index contributed by atoms with van der Waals surface area (Å²) in [5.74, 6) is -2.57. The Morgan fingerprint density at radius 2 is 1.94 bits per heavy atom. The third kappa shape index (κ3) is 6.71. The first-order valence-electron chi connectivity index (χ1n) is 10.6. The second-order valence-corrected chi connectivity index (χ2v) is 8.60. The molecule has 0 saturated carbocycles. The molecule has 0 amide bonds. The Bertz CT molecular complexity index is 648. The zero-order valence-corrected chi connectivity index (χ0v) is 18.1. The lowest BCUT2D eigenvalue weighted by Crippen LogP contribution is -2.59. The fourth-order valence-corrected chi connectivity index (χ4v) is 3.78. The minimum absolute atomic E-state index is 0.0879. The average molecular weight is 446 g/mol. The summed E-state index contributed by atoms with van der Waals surface area (Å²) < 4.78 is 16.2. The highest BCUT2D eigenvalue weighted by Gasteiger charge is 2.44. The van der Waals surface area contributed by atoms with Gasteiger partial charge in [-0.25, -0.2) is 0 Å². The van der Waals surface area contributed by atoms with Gasteiger partial charge in [-0.1, -0.05) is 25.5 Å². The molecule has 10 heteroatoms. The van der Waals surface area contributed by atoms with Gasteiger partial charge in [-0.15, -0.1) is 0 Å². The number of carboxylic acids is 1. The molecule has 178 valence electrons. The third-order valence-corrected chi connectivity index (χ3v) is 6.04. The van der Waals surface area contributed by atoms with E-state index in [0.29, 0.717) is 19.3 Å². The van der Waals surface area contributed by atoms with Crippen LogP contribution in [-0.2, 0) is 23.8 Å². The molecule has 0 bridgehead atoms. The first-order valence-corrected chi connectivity index (χ1v) is 10.6. The van der Waals surface area contributed by atoms with Gasteiger partial charge in [0.25, 0.3) is 0 Å². The van der Waals surface area contributed by atoms with Gasteiger partial charge in [-0.3, -0.25) is 9.59 Å². The number of hydrogen-bond donors (Lipinski definition) is 5. The van der Waals surface area contributed by atoms with Gasteiger partial charge in [0.05, 0.1) is 25.0 Å². The molecule has 0 radical (unpaired) electrons. The van der Waals surface area contributed by atoms with Gasteiger partial charge >= 0.3 is 11.9 Å². The second kappa shape index (κ2) is 11.3. The first kappa shape index (κ1) is 25.7. The smallest absolute Gasteiger partial charge is 0.309 e. The van der Waals surface area contributed by atoms with Gasteiger partial charge < -0.3 is 39.7 Å². The molecule has 10 nitrogen and oxygen atoms in total. The number of hydrogen-bond acceptors (Lipinski definition) is 9. The van der Waals surface area contributed by atoms with E-state index in [2.05, 4.69) is 0 Å². The predicted octanol–water partition coefficient (Wildman–Crippen LogP) is -0.182. The maximum absolute atomic E-state index is 11.5. The number of rotatable bonds is 10. The second-order valence-electron chi connectivity index (χ2n) is 8.60. The number of ether oxygens (including phenoxy) is 3. The predicted molar refractivity (Wildman–Crippen MR) is 107 cm³/mol. The number of aliphatic carboxylic acids is 1. The van der Waals surface area contributed by atoms with E-state index in [1.165, 1.54) is 0 Å². The molecule has 0 aromatic heterocycles. The molecule has 2 saturated heterocycles. The summed E-state index contributed by atoms with van der Waals surface area (Å²) in [4.78, 5) is 23.1. The molecular weight excluding hydrogens is 412 g/mol. The lowest BCUT2D eigenvalue weighted by Gasteiger charge is -2.40. The molecule has 0 aromatic carbocycles. The van der Waals surface area contributed by atoms with Crippen LogP contribution in [0.4, 0.5) is 0 Å². The van der Waals surface area contributed by atoms with Crippen molar-refractivity contribution >= 4 is 11.9 Å². The molecule has 31 heavy (non-hydrogen) atoms. The van der Waals surface area contributed by atoms with Crippen molar-refractivity contribution in [3.63, 3.8) is 0 Å². The van der Waals surface area contributed by atoms with E-state index in [9.17, 15) is 35.1 Å². The van der Waals surface area contributed by atoms with Crippen molar-refractivity contribution in [2.24, 2.45) is 17.8 Å². The molecule has 0 spiro atoms. The molecular formula is C21H34O10. The molecule has 2 rings (SSSR count). The van der Waals surface area contributed by atoms with E-state index in [-0.39, 0.29) is 24.6 Å². The molecule has 2 heterocycles. The van der Waals surface area contributed by atoms with Gasteiger partial charge in [-0.2, -0.15) is 0 Å². The number of carbonyl (C=O) groups excluding carboxylic acids is 1. The van der Waals surface area contributed by atoms with Crippen LogP contribution in [0.3, 0.4) is 0 Å². The van der Waals surface area contributed by atoms with E-state index in [0.717, 1.165) is 5.57 Å². The third-order valence-electron chi connectivity index (χ3n) is 6.04. The van der Waals surface area contributed by atoms with Crippen molar-refractivity contribution in [3.8, 4) is 0 Å². The largest absolute Gasteiger partial charge is 0.481 e. The quantitative estimate of drug-likeness (QED) is 0.225. The minimum Gasteiger partial charge on any atom is -0.481 e. The van der Waals surface area contributed by atoms with Crippen molar-refractivity contribution in [2.45, 2.75) is 76.8 Å². The Labute approximate surface area is 181 Å². The number of aliphatic hydroxyl groups excluding tert-OH is 4. The van der Waals surface area contributed by atoms with E-state index < -0.39 is 55.1 Å². The molecule has 9 atom stereocenters. The maximum Gasteiger partial charge on any atom is 0.309 e. The topological polar surface area (TPSA) is 163 Å². The van der Waals surface area contributed by atoms with Crippen LogP contribution in [0.1, 0.15) is 40.0 Å². The summed E-state index contributed by atoms with van der Waals surface area (Å²) in [6, 6.07) is 0. The summed E-state index contributed by atoms with van der Waals surface area (Å²) in [5, 5.41) is 48.5. The van der Waals surface area contributed by atoms with Gasteiger partial charge in [0, 0.05) is 6.42 Å². The number of allylic oxidation sites excluding steroid dienone is 1. The van der Waals surface area contributed by atoms with Crippen molar-refractivity contribution in [2.75, 3.05) is 13.2 Å².